The molecule has 178 valence electrons. The first-order valence-electron chi connectivity index (χ1n) is 9.57. The number of benzene rings is 3. The lowest BCUT2D eigenvalue weighted by atomic mass is 10.1. The van der Waals surface area contributed by atoms with Crippen LogP contribution in [0.15, 0.2) is 53.4 Å². The quantitative estimate of drug-likeness (QED) is 0.267. The van der Waals surface area contributed by atoms with Crippen molar-refractivity contribution in [2.75, 3.05) is 4.72 Å². The summed E-state index contributed by atoms with van der Waals surface area (Å²) in [5, 5.41) is 0.634. The molecule has 0 saturated carbocycles. The summed E-state index contributed by atoms with van der Waals surface area (Å²) in [6, 6.07) is 10.7. The first-order chi connectivity index (χ1) is 15.8. The Labute approximate surface area is 212 Å². The molecule has 0 bridgehead atoms. The van der Waals surface area contributed by atoms with E-state index in [0.717, 1.165) is 26.9 Å². The molecule has 4 rings (SSSR count). The van der Waals surface area contributed by atoms with Gasteiger partial charge < -0.3 is 0 Å². The summed E-state index contributed by atoms with van der Waals surface area (Å²) in [6.45, 7) is 1.99. The van der Waals surface area contributed by atoms with Crippen LogP contribution in [0.1, 0.15) is 21.7 Å². The highest BCUT2D eigenvalue weighted by molar-refractivity contribution is 7.92. The Bertz CT molecular complexity index is 1500. The van der Waals surface area contributed by atoms with Gasteiger partial charge in [-0.15, -0.1) is 11.3 Å². The molecule has 4 aromatic rings. The summed E-state index contributed by atoms with van der Waals surface area (Å²) in [5.74, 6) is 0. The smallest absolute Gasteiger partial charge is 0.279 e. The summed E-state index contributed by atoms with van der Waals surface area (Å²) < 4.78 is 67.3. The molecule has 4 nitrogen and oxygen atoms in total. The molecule has 0 amide bonds. The van der Waals surface area contributed by atoms with Gasteiger partial charge in [0.25, 0.3) is 10.0 Å². The van der Waals surface area contributed by atoms with E-state index in [1.54, 1.807) is 0 Å². The van der Waals surface area contributed by atoms with Crippen LogP contribution in [0.5, 0.6) is 0 Å². The molecule has 1 N–H and O–H groups in total. The summed E-state index contributed by atoms with van der Waals surface area (Å²) in [7, 11) is -4.31. The monoisotopic (exact) mass is 564 g/mol. The average Bonchev–Trinajstić information content (AvgIpc) is 3.11. The molecule has 1 heterocycles. The fraction of sp³-hybridized carbons (Fsp3) is 0.136. The topological polar surface area (TPSA) is 59.1 Å². The van der Waals surface area contributed by atoms with Crippen molar-refractivity contribution in [3.63, 3.8) is 0 Å². The van der Waals surface area contributed by atoms with Gasteiger partial charge >= 0.3 is 6.18 Å². The summed E-state index contributed by atoms with van der Waals surface area (Å²) in [6.07, 6.45) is -4.31. The third-order valence-corrected chi connectivity index (χ3v) is 8.42. The maximum atomic E-state index is 12.8. The molecule has 0 aliphatic carbocycles. The number of thiazole rings is 1. The average molecular weight is 566 g/mol. The normalized spacial score (nSPS) is 12.3. The minimum Gasteiger partial charge on any atom is -0.279 e. The molecular formula is C22H14Cl3F3N2O2S2. The second-order valence-corrected chi connectivity index (χ2v) is 11.4. The summed E-state index contributed by atoms with van der Waals surface area (Å²) >= 11 is 20.1. The van der Waals surface area contributed by atoms with Crippen molar-refractivity contribution < 1.29 is 21.6 Å². The maximum Gasteiger partial charge on any atom is 0.416 e. The Kier molecular flexibility index (Phi) is 6.78. The van der Waals surface area contributed by atoms with Crippen LogP contribution >= 0.6 is 46.1 Å². The molecule has 0 fully saturated rings. The number of nitrogens with zero attached hydrogens (tertiary/aromatic N) is 1. The van der Waals surface area contributed by atoms with E-state index in [4.69, 9.17) is 34.8 Å². The number of hydrogen-bond acceptors (Lipinski definition) is 4. The predicted octanol–water partition coefficient (Wildman–Crippen LogP) is 7.98. The molecule has 3 aromatic carbocycles. The molecule has 0 saturated heterocycles. The van der Waals surface area contributed by atoms with Gasteiger partial charge in [0.2, 0.25) is 0 Å². The second kappa shape index (κ2) is 9.20. The lowest BCUT2D eigenvalue weighted by Gasteiger charge is -2.14. The molecule has 0 unspecified atom stereocenters. The Morgan fingerprint density at radius 1 is 0.971 bits per heavy atom. The van der Waals surface area contributed by atoms with Gasteiger partial charge in [-0.25, -0.2) is 13.4 Å². The number of alkyl halides is 3. The molecule has 0 radical (unpaired) electrons. The van der Waals surface area contributed by atoms with Crippen molar-refractivity contribution in [3.05, 3.63) is 85.3 Å². The molecule has 12 heteroatoms. The van der Waals surface area contributed by atoms with Crippen molar-refractivity contribution in [1.29, 1.82) is 0 Å². The van der Waals surface area contributed by atoms with Gasteiger partial charge in [0, 0.05) is 16.5 Å². The lowest BCUT2D eigenvalue weighted by molar-refractivity contribution is -0.137. The molecule has 1 aromatic heterocycles. The number of hydrogen-bond donors (Lipinski definition) is 1. The molecule has 0 atom stereocenters. The van der Waals surface area contributed by atoms with E-state index in [1.807, 2.05) is 25.1 Å². The number of fused-ring (bicyclic) bond motifs is 1. The fourth-order valence-corrected chi connectivity index (χ4v) is 6.53. The van der Waals surface area contributed by atoms with Gasteiger partial charge in [0.15, 0.2) is 0 Å². The highest BCUT2D eigenvalue weighted by atomic mass is 35.5. The molecule has 34 heavy (non-hydrogen) atoms. The zero-order valence-electron chi connectivity index (χ0n) is 17.2. The van der Waals surface area contributed by atoms with Crippen LogP contribution < -0.4 is 4.72 Å². The maximum absolute atomic E-state index is 12.8. The van der Waals surface area contributed by atoms with Gasteiger partial charge in [0.1, 0.15) is 4.90 Å². The van der Waals surface area contributed by atoms with Crippen molar-refractivity contribution >= 4 is 72.1 Å². The van der Waals surface area contributed by atoms with Crippen molar-refractivity contribution in [1.82, 2.24) is 4.98 Å². The molecular weight excluding hydrogens is 552 g/mol. The molecule has 0 spiro atoms. The number of nitrogens with one attached hydrogen (secondary N) is 1. The number of aryl methyl sites for hydroxylation is 1. The van der Waals surface area contributed by atoms with Crippen LogP contribution in [-0.4, -0.2) is 13.4 Å². The summed E-state index contributed by atoms with van der Waals surface area (Å²) in [4.78, 5) is 4.07. The van der Waals surface area contributed by atoms with E-state index in [0.29, 0.717) is 24.1 Å². The summed E-state index contributed by atoms with van der Waals surface area (Å²) in [5.41, 5.74) is 1.51. The Balaban J connectivity index is 1.60. The minimum atomic E-state index is -4.65. The highest BCUT2D eigenvalue weighted by Gasteiger charge is 2.32. The van der Waals surface area contributed by atoms with Crippen molar-refractivity contribution in [2.45, 2.75) is 24.4 Å². The number of rotatable bonds is 5. The van der Waals surface area contributed by atoms with E-state index >= 15 is 0 Å². The number of anilines is 1. The van der Waals surface area contributed by atoms with E-state index in [-0.39, 0.29) is 15.7 Å². The fourth-order valence-electron chi connectivity index (χ4n) is 3.24. The SMILES string of the molecule is Cc1ccc2nc(Cc3c(Cl)cc(NS(=O)(=O)c4ccc(C(F)(F)F)cc4Cl)cc3Cl)sc2c1. The standard InChI is InChI=1S/C22H14Cl3F3N2O2S2/c1-11-2-4-18-19(6-11)33-21(29-18)10-14-15(23)8-13(9-16(14)24)30-34(31,32)20-5-3-12(7-17(20)25)22(26,27)28/h2-9,30H,10H2,1H3. The first kappa shape index (κ1) is 25.1. The van der Waals surface area contributed by atoms with E-state index < -0.39 is 31.7 Å². The van der Waals surface area contributed by atoms with Gasteiger partial charge in [-0.2, -0.15) is 13.2 Å². The van der Waals surface area contributed by atoms with E-state index in [2.05, 4.69) is 9.71 Å². The second-order valence-electron chi connectivity index (χ2n) is 7.42. The zero-order valence-corrected chi connectivity index (χ0v) is 21.1. The number of aromatic nitrogens is 1. The predicted molar refractivity (Wildman–Crippen MR) is 131 cm³/mol. The zero-order chi connectivity index (χ0) is 24.8. The van der Waals surface area contributed by atoms with E-state index in [1.165, 1.54) is 23.5 Å². The largest absolute Gasteiger partial charge is 0.416 e. The van der Waals surface area contributed by atoms with Gasteiger partial charge in [-0.05, 0) is 60.5 Å². The Morgan fingerprint density at radius 3 is 2.26 bits per heavy atom. The number of halogens is 6. The van der Waals surface area contributed by atoms with Gasteiger partial charge in [0.05, 0.1) is 31.5 Å². The van der Waals surface area contributed by atoms with E-state index in [9.17, 15) is 21.6 Å². The third-order valence-electron chi connectivity index (χ3n) is 4.86. The van der Waals surface area contributed by atoms with Crippen molar-refractivity contribution in [3.8, 4) is 0 Å². The van der Waals surface area contributed by atoms with Crippen LogP contribution in [0.25, 0.3) is 10.2 Å². The van der Waals surface area contributed by atoms with Crippen LogP contribution in [0.3, 0.4) is 0 Å². The third kappa shape index (κ3) is 5.28. The van der Waals surface area contributed by atoms with Gasteiger partial charge in [-0.3, -0.25) is 4.72 Å². The highest BCUT2D eigenvalue weighted by Crippen LogP contribution is 2.36. The van der Waals surface area contributed by atoms with Gasteiger partial charge in [-0.1, -0.05) is 40.9 Å². The van der Waals surface area contributed by atoms with Crippen LogP contribution in [0.2, 0.25) is 15.1 Å². The Hall–Kier alpha value is -2.04. The van der Waals surface area contributed by atoms with Crippen LogP contribution in [0.4, 0.5) is 18.9 Å². The number of sulfonamides is 1. The first-order valence-corrected chi connectivity index (χ1v) is 13.0. The van der Waals surface area contributed by atoms with Crippen LogP contribution in [0, 0.1) is 6.92 Å². The van der Waals surface area contributed by atoms with Crippen LogP contribution in [-0.2, 0) is 22.6 Å². The minimum absolute atomic E-state index is 0.0367. The molecule has 0 aliphatic rings. The Morgan fingerprint density at radius 2 is 1.65 bits per heavy atom. The van der Waals surface area contributed by atoms with Crippen molar-refractivity contribution in [2.24, 2.45) is 0 Å². The lowest BCUT2D eigenvalue weighted by Crippen LogP contribution is -2.14. The molecule has 0 aliphatic heterocycles.